The predicted octanol–water partition coefficient (Wildman–Crippen LogP) is 3.74. The lowest BCUT2D eigenvalue weighted by molar-refractivity contribution is 0.0159. The molecule has 1 unspecified atom stereocenters. The minimum Gasteiger partial charge on any atom is -0.444 e. The first-order valence-corrected chi connectivity index (χ1v) is 8.71. The number of anilines is 1. The second-order valence-corrected chi connectivity index (χ2v) is 7.78. The van der Waals surface area contributed by atoms with Crippen molar-refractivity contribution in [3.8, 4) is 0 Å². The standard InChI is InChI=1S/C17H23N3O2S/c1-12-11-19(9-10-20(12)16(21)22-17(2,3)4)15-13-7-5-6-8-14(13)23-18-15/h5-8,12H,9-11H2,1-4H3. The van der Waals surface area contributed by atoms with Gasteiger partial charge < -0.3 is 14.5 Å². The fourth-order valence-corrected chi connectivity index (χ4v) is 3.64. The molecule has 1 atom stereocenters. The van der Waals surface area contributed by atoms with E-state index in [1.807, 2.05) is 37.8 Å². The number of aromatic nitrogens is 1. The zero-order valence-corrected chi connectivity index (χ0v) is 14.9. The maximum Gasteiger partial charge on any atom is 0.410 e. The monoisotopic (exact) mass is 333 g/mol. The molecule has 1 fully saturated rings. The summed E-state index contributed by atoms with van der Waals surface area (Å²) in [7, 11) is 0. The smallest absolute Gasteiger partial charge is 0.410 e. The molecular formula is C17H23N3O2S. The van der Waals surface area contributed by atoms with Gasteiger partial charge in [-0.05, 0) is 51.4 Å². The van der Waals surface area contributed by atoms with E-state index in [1.54, 1.807) is 0 Å². The van der Waals surface area contributed by atoms with Crippen LogP contribution in [-0.4, -0.2) is 46.6 Å². The van der Waals surface area contributed by atoms with Crippen LogP contribution in [0.3, 0.4) is 0 Å². The van der Waals surface area contributed by atoms with E-state index >= 15 is 0 Å². The molecule has 1 aliphatic heterocycles. The van der Waals surface area contributed by atoms with Gasteiger partial charge in [0.25, 0.3) is 0 Å². The molecule has 1 aromatic heterocycles. The number of hydrogen-bond acceptors (Lipinski definition) is 5. The summed E-state index contributed by atoms with van der Waals surface area (Å²) in [6.45, 7) is 9.95. The van der Waals surface area contributed by atoms with Gasteiger partial charge in [-0.25, -0.2) is 4.79 Å². The summed E-state index contributed by atoms with van der Waals surface area (Å²) in [5.41, 5.74) is -0.459. The van der Waals surface area contributed by atoms with E-state index < -0.39 is 5.60 Å². The molecule has 0 N–H and O–H groups in total. The lowest BCUT2D eigenvalue weighted by Gasteiger charge is -2.40. The van der Waals surface area contributed by atoms with Crippen molar-refractivity contribution in [3.05, 3.63) is 24.3 Å². The number of fused-ring (bicyclic) bond motifs is 1. The SMILES string of the molecule is CC1CN(c2nsc3ccccc23)CCN1C(=O)OC(C)(C)C. The molecule has 23 heavy (non-hydrogen) atoms. The summed E-state index contributed by atoms with van der Waals surface area (Å²) in [6.07, 6.45) is -0.229. The van der Waals surface area contributed by atoms with Crippen molar-refractivity contribution in [2.24, 2.45) is 0 Å². The molecular weight excluding hydrogens is 310 g/mol. The Morgan fingerprint density at radius 1 is 1.30 bits per heavy atom. The molecule has 1 aromatic carbocycles. The van der Waals surface area contributed by atoms with Crippen molar-refractivity contribution in [1.82, 2.24) is 9.27 Å². The molecule has 5 nitrogen and oxygen atoms in total. The highest BCUT2D eigenvalue weighted by molar-refractivity contribution is 7.13. The summed E-state index contributed by atoms with van der Waals surface area (Å²) in [5.74, 6) is 1.03. The van der Waals surface area contributed by atoms with Gasteiger partial charge in [0.2, 0.25) is 0 Å². The maximum absolute atomic E-state index is 12.3. The molecule has 3 rings (SSSR count). The third-order valence-corrected chi connectivity index (χ3v) is 4.73. The Labute approximate surface area is 141 Å². The number of carbonyl (C=O) groups excluding carboxylic acids is 1. The first-order chi connectivity index (χ1) is 10.8. The highest BCUT2D eigenvalue weighted by Crippen LogP contribution is 2.30. The van der Waals surface area contributed by atoms with Gasteiger partial charge in [0.05, 0.1) is 4.70 Å². The Morgan fingerprint density at radius 3 is 2.74 bits per heavy atom. The van der Waals surface area contributed by atoms with Gasteiger partial charge in [-0.3, -0.25) is 0 Å². The Morgan fingerprint density at radius 2 is 2.04 bits per heavy atom. The van der Waals surface area contributed by atoms with Crippen molar-refractivity contribution >= 4 is 33.5 Å². The van der Waals surface area contributed by atoms with Crippen LogP contribution in [-0.2, 0) is 4.74 Å². The minimum atomic E-state index is -0.459. The molecule has 2 heterocycles. The van der Waals surface area contributed by atoms with E-state index in [2.05, 4.69) is 28.3 Å². The molecule has 1 aliphatic rings. The molecule has 0 aliphatic carbocycles. The molecule has 0 saturated carbocycles. The van der Waals surface area contributed by atoms with Gasteiger partial charge in [0.1, 0.15) is 11.4 Å². The summed E-state index contributed by atoms with van der Waals surface area (Å²) in [5, 5.41) is 1.19. The summed E-state index contributed by atoms with van der Waals surface area (Å²) >= 11 is 1.53. The Bertz CT molecular complexity index is 707. The summed E-state index contributed by atoms with van der Waals surface area (Å²) in [4.78, 5) is 16.4. The average Bonchev–Trinajstić information content (AvgIpc) is 2.89. The lowest BCUT2D eigenvalue weighted by atomic mass is 10.1. The fourth-order valence-electron chi connectivity index (χ4n) is 2.84. The number of rotatable bonds is 1. The zero-order chi connectivity index (χ0) is 16.6. The van der Waals surface area contributed by atoms with Crippen molar-refractivity contribution in [2.75, 3.05) is 24.5 Å². The number of amides is 1. The van der Waals surface area contributed by atoms with Crippen LogP contribution in [0.15, 0.2) is 24.3 Å². The van der Waals surface area contributed by atoms with Crippen LogP contribution in [0.5, 0.6) is 0 Å². The molecule has 0 bridgehead atoms. The fraction of sp³-hybridized carbons (Fsp3) is 0.529. The van der Waals surface area contributed by atoms with Gasteiger partial charge >= 0.3 is 6.09 Å². The molecule has 1 saturated heterocycles. The predicted molar refractivity (Wildman–Crippen MR) is 94.2 cm³/mol. The van der Waals surface area contributed by atoms with Crippen LogP contribution in [0.4, 0.5) is 10.6 Å². The second kappa shape index (κ2) is 6.00. The van der Waals surface area contributed by atoms with E-state index in [9.17, 15) is 4.79 Å². The Balaban J connectivity index is 1.72. The van der Waals surface area contributed by atoms with Crippen molar-refractivity contribution in [1.29, 1.82) is 0 Å². The lowest BCUT2D eigenvalue weighted by Crippen LogP contribution is -2.55. The van der Waals surface area contributed by atoms with Crippen LogP contribution >= 0.6 is 11.5 Å². The van der Waals surface area contributed by atoms with Gasteiger partial charge in [-0.2, -0.15) is 4.37 Å². The molecule has 0 radical (unpaired) electrons. The number of hydrogen-bond donors (Lipinski definition) is 0. The van der Waals surface area contributed by atoms with Crippen molar-refractivity contribution in [3.63, 3.8) is 0 Å². The molecule has 6 heteroatoms. The largest absolute Gasteiger partial charge is 0.444 e. The molecule has 0 spiro atoms. The van der Waals surface area contributed by atoms with E-state index in [0.29, 0.717) is 6.54 Å². The highest BCUT2D eigenvalue weighted by Gasteiger charge is 2.31. The van der Waals surface area contributed by atoms with Gasteiger partial charge in [0.15, 0.2) is 0 Å². The second-order valence-electron chi connectivity index (χ2n) is 6.97. The van der Waals surface area contributed by atoms with E-state index in [1.165, 1.54) is 21.6 Å². The summed E-state index contributed by atoms with van der Waals surface area (Å²) < 4.78 is 11.3. The van der Waals surface area contributed by atoms with Crippen LogP contribution in [0, 0.1) is 0 Å². The number of piperazine rings is 1. The zero-order valence-electron chi connectivity index (χ0n) is 14.1. The number of carbonyl (C=O) groups is 1. The highest BCUT2D eigenvalue weighted by atomic mass is 32.1. The Hall–Kier alpha value is -1.82. The maximum atomic E-state index is 12.3. The topological polar surface area (TPSA) is 45.7 Å². The van der Waals surface area contributed by atoms with Crippen molar-refractivity contribution < 1.29 is 9.53 Å². The molecule has 124 valence electrons. The third kappa shape index (κ3) is 3.42. The van der Waals surface area contributed by atoms with Crippen LogP contribution in [0.2, 0.25) is 0 Å². The normalized spacial score (nSPS) is 19.2. The van der Waals surface area contributed by atoms with Gasteiger partial charge in [0, 0.05) is 31.1 Å². The molecule has 1 amide bonds. The van der Waals surface area contributed by atoms with Crippen LogP contribution < -0.4 is 4.90 Å². The van der Waals surface area contributed by atoms with Gasteiger partial charge in [-0.15, -0.1) is 0 Å². The minimum absolute atomic E-state index is 0.0964. The Kier molecular flexibility index (Phi) is 4.19. The first-order valence-electron chi connectivity index (χ1n) is 7.94. The molecule has 2 aromatic rings. The van der Waals surface area contributed by atoms with Crippen LogP contribution in [0.1, 0.15) is 27.7 Å². The van der Waals surface area contributed by atoms with E-state index in [-0.39, 0.29) is 12.1 Å². The quantitative estimate of drug-likeness (QED) is 0.797. The van der Waals surface area contributed by atoms with Crippen molar-refractivity contribution in [2.45, 2.75) is 39.3 Å². The third-order valence-electron chi connectivity index (χ3n) is 3.91. The number of benzene rings is 1. The first kappa shape index (κ1) is 16.1. The van der Waals surface area contributed by atoms with E-state index in [0.717, 1.165) is 18.9 Å². The number of nitrogens with zero attached hydrogens (tertiary/aromatic N) is 3. The van der Waals surface area contributed by atoms with Crippen LogP contribution in [0.25, 0.3) is 10.1 Å². The number of ether oxygens (including phenoxy) is 1. The van der Waals surface area contributed by atoms with Gasteiger partial charge in [-0.1, -0.05) is 12.1 Å². The average molecular weight is 333 g/mol. The van der Waals surface area contributed by atoms with E-state index in [4.69, 9.17) is 4.74 Å². The summed E-state index contributed by atoms with van der Waals surface area (Å²) in [6, 6.07) is 8.38.